The second kappa shape index (κ2) is 15.2. The van der Waals surface area contributed by atoms with Gasteiger partial charge in [-0.1, -0.05) is 152 Å². The predicted molar refractivity (Wildman–Crippen MR) is 260 cm³/mol. The summed E-state index contributed by atoms with van der Waals surface area (Å²) in [4.78, 5) is 21.6. The number of fused-ring (bicyclic) bond motifs is 6. The van der Waals surface area contributed by atoms with Crippen molar-refractivity contribution in [3.63, 3.8) is 0 Å². The summed E-state index contributed by atoms with van der Waals surface area (Å²) in [6.07, 6.45) is 1.86. The van der Waals surface area contributed by atoms with Gasteiger partial charge in [0.15, 0.2) is 11.6 Å². The van der Waals surface area contributed by atoms with E-state index < -0.39 is 0 Å². The van der Waals surface area contributed by atoms with Crippen molar-refractivity contribution in [3.05, 3.63) is 225 Å². The topological polar surface area (TPSA) is 56.5 Å². The van der Waals surface area contributed by atoms with Gasteiger partial charge in [0.25, 0.3) is 0 Å². The molecule has 63 heavy (non-hydrogen) atoms. The molecule has 0 unspecified atom stereocenters. The standard InChI is InChI=1S/C58H37N5/c1-5-16-38(17-6-1)43-32-44(39-18-7-2-8-19-39)35-47(34-43)52-30-28-42-27-29-51-55(54(42)60-52)61-56(62-58(51)63-53-26-14-13-24-49(53)50-25-15-31-59-57(50)63)48-36-45(40-20-9-3-10-21-40)33-46(37-48)41-22-11-4-12-23-41/h1-37H. The molecule has 0 N–H and O–H groups in total. The maximum Gasteiger partial charge on any atom is 0.162 e. The van der Waals surface area contributed by atoms with E-state index in [1.54, 1.807) is 0 Å². The van der Waals surface area contributed by atoms with Crippen LogP contribution in [0.5, 0.6) is 0 Å². The largest absolute Gasteiger partial charge is 0.277 e. The predicted octanol–water partition coefficient (Wildman–Crippen LogP) is 14.7. The summed E-state index contributed by atoms with van der Waals surface area (Å²) in [6.45, 7) is 0. The van der Waals surface area contributed by atoms with E-state index in [2.05, 4.69) is 217 Å². The Morgan fingerprint density at radius 3 is 1.40 bits per heavy atom. The van der Waals surface area contributed by atoms with E-state index in [4.69, 9.17) is 19.9 Å². The Morgan fingerprint density at radius 2 is 0.810 bits per heavy atom. The molecule has 0 saturated carbocycles. The maximum atomic E-state index is 5.55. The van der Waals surface area contributed by atoms with Gasteiger partial charge in [-0.2, -0.15) is 0 Å². The molecule has 0 atom stereocenters. The Kier molecular flexibility index (Phi) is 8.75. The Labute approximate surface area is 364 Å². The van der Waals surface area contributed by atoms with Crippen LogP contribution < -0.4 is 0 Å². The van der Waals surface area contributed by atoms with Crippen molar-refractivity contribution in [2.45, 2.75) is 0 Å². The fourth-order valence-electron chi connectivity index (χ4n) is 8.95. The number of rotatable bonds is 7. The van der Waals surface area contributed by atoms with Crippen molar-refractivity contribution < 1.29 is 0 Å². The van der Waals surface area contributed by atoms with Crippen molar-refractivity contribution in [1.29, 1.82) is 0 Å². The van der Waals surface area contributed by atoms with Gasteiger partial charge in [0.05, 0.1) is 16.7 Å². The minimum atomic E-state index is 0.603. The summed E-state index contributed by atoms with van der Waals surface area (Å²) >= 11 is 0. The first kappa shape index (κ1) is 36.3. The summed E-state index contributed by atoms with van der Waals surface area (Å²) in [5.41, 5.74) is 15.2. The van der Waals surface area contributed by atoms with Crippen LogP contribution in [0.4, 0.5) is 0 Å². The molecule has 12 aromatic rings. The van der Waals surface area contributed by atoms with Gasteiger partial charge in [0.1, 0.15) is 11.2 Å². The van der Waals surface area contributed by atoms with Crippen molar-refractivity contribution in [1.82, 2.24) is 24.5 Å². The third-order valence-corrected chi connectivity index (χ3v) is 12.0. The monoisotopic (exact) mass is 803 g/mol. The Bertz CT molecular complexity index is 3490. The van der Waals surface area contributed by atoms with Gasteiger partial charge in [-0.05, 0) is 111 Å². The second-order valence-electron chi connectivity index (χ2n) is 15.9. The molecule has 0 aliphatic rings. The smallest absolute Gasteiger partial charge is 0.162 e. The molecule has 12 rings (SSSR count). The number of hydrogen-bond donors (Lipinski definition) is 0. The van der Waals surface area contributed by atoms with Crippen molar-refractivity contribution in [2.75, 3.05) is 0 Å². The number of nitrogens with zero attached hydrogens (tertiary/aromatic N) is 5. The van der Waals surface area contributed by atoms with Crippen LogP contribution in [0, 0.1) is 0 Å². The van der Waals surface area contributed by atoms with Crippen LogP contribution >= 0.6 is 0 Å². The summed E-state index contributed by atoms with van der Waals surface area (Å²) in [6, 6.07) is 76.8. The van der Waals surface area contributed by atoms with E-state index in [1.807, 2.05) is 12.3 Å². The number of pyridine rings is 2. The average Bonchev–Trinajstić information content (AvgIpc) is 3.71. The maximum absolute atomic E-state index is 5.55. The highest BCUT2D eigenvalue weighted by molar-refractivity contribution is 6.11. The number of aromatic nitrogens is 5. The fraction of sp³-hybridized carbons (Fsp3) is 0. The van der Waals surface area contributed by atoms with E-state index in [0.29, 0.717) is 5.82 Å². The van der Waals surface area contributed by atoms with Gasteiger partial charge < -0.3 is 0 Å². The zero-order valence-electron chi connectivity index (χ0n) is 34.1. The normalized spacial score (nSPS) is 11.5. The average molecular weight is 804 g/mol. The highest BCUT2D eigenvalue weighted by atomic mass is 15.1. The first-order valence-electron chi connectivity index (χ1n) is 21.2. The van der Waals surface area contributed by atoms with E-state index in [1.165, 1.54) is 0 Å². The molecule has 4 heterocycles. The Balaban J connectivity index is 1.15. The number of hydrogen-bond acceptors (Lipinski definition) is 4. The molecule has 4 aromatic heterocycles. The van der Waals surface area contributed by atoms with Gasteiger partial charge >= 0.3 is 0 Å². The van der Waals surface area contributed by atoms with Crippen molar-refractivity contribution >= 4 is 43.7 Å². The molecule has 0 spiro atoms. The number of benzene rings is 8. The second-order valence-corrected chi connectivity index (χ2v) is 15.9. The molecule has 294 valence electrons. The van der Waals surface area contributed by atoms with Crippen molar-refractivity contribution in [2.24, 2.45) is 0 Å². The van der Waals surface area contributed by atoms with Crippen LogP contribution in [0.2, 0.25) is 0 Å². The summed E-state index contributed by atoms with van der Waals surface area (Å²) in [7, 11) is 0. The molecule has 0 aliphatic carbocycles. The molecule has 0 saturated heterocycles. The summed E-state index contributed by atoms with van der Waals surface area (Å²) < 4.78 is 2.20. The van der Waals surface area contributed by atoms with Crippen LogP contribution in [0.25, 0.3) is 117 Å². The SMILES string of the molecule is c1ccc(-c2cc(-c3ccccc3)cc(-c3ccc4ccc5c(-n6c7ccccc7c7cccnc76)nc(-c6cc(-c7ccccc7)cc(-c7ccccc7)c6)nc5c4n3)c2)cc1. The summed E-state index contributed by atoms with van der Waals surface area (Å²) in [5, 5.41) is 4.05. The lowest BCUT2D eigenvalue weighted by Gasteiger charge is -2.15. The summed E-state index contributed by atoms with van der Waals surface area (Å²) in [5.74, 6) is 1.35. The third kappa shape index (κ3) is 6.51. The van der Waals surface area contributed by atoms with Crippen molar-refractivity contribution in [3.8, 4) is 73.0 Å². The molecule has 0 fully saturated rings. The molecular weight excluding hydrogens is 767 g/mol. The molecular formula is C58H37N5. The molecule has 0 aliphatic heterocycles. The minimum absolute atomic E-state index is 0.603. The van der Waals surface area contributed by atoms with E-state index in [-0.39, 0.29) is 0 Å². The van der Waals surface area contributed by atoms with Gasteiger partial charge in [0, 0.05) is 38.9 Å². The van der Waals surface area contributed by atoms with Crippen LogP contribution in [-0.2, 0) is 0 Å². The molecule has 5 nitrogen and oxygen atoms in total. The first-order valence-corrected chi connectivity index (χ1v) is 21.2. The first-order chi connectivity index (χ1) is 31.2. The van der Waals surface area contributed by atoms with Gasteiger partial charge in [-0.15, -0.1) is 0 Å². The zero-order chi connectivity index (χ0) is 41.7. The van der Waals surface area contributed by atoms with Gasteiger partial charge in [0.2, 0.25) is 0 Å². The highest BCUT2D eigenvalue weighted by Crippen LogP contribution is 2.39. The molecule has 0 radical (unpaired) electrons. The fourth-order valence-corrected chi connectivity index (χ4v) is 8.95. The lowest BCUT2D eigenvalue weighted by atomic mass is 9.94. The lowest BCUT2D eigenvalue weighted by Crippen LogP contribution is -2.04. The van der Waals surface area contributed by atoms with E-state index >= 15 is 0 Å². The quantitative estimate of drug-likeness (QED) is 0.151. The van der Waals surface area contributed by atoms with Crippen LogP contribution in [-0.4, -0.2) is 24.5 Å². The van der Waals surface area contributed by atoms with Gasteiger partial charge in [-0.25, -0.2) is 19.9 Å². The van der Waals surface area contributed by atoms with Crippen LogP contribution in [0.1, 0.15) is 0 Å². The molecule has 0 amide bonds. The van der Waals surface area contributed by atoms with E-state index in [9.17, 15) is 0 Å². The van der Waals surface area contributed by atoms with Gasteiger partial charge in [-0.3, -0.25) is 4.57 Å². The molecule has 0 bridgehead atoms. The van der Waals surface area contributed by atoms with Crippen LogP contribution in [0.15, 0.2) is 225 Å². The van der Waals surface area contributed by atoms with Crippen LogP contribution in [0.3, 0.4) is 0 Å². The van der Waals surface area contributed by atoms with E-state index in [0.717, 1.165) is 111 Å². The molecule has 8 aromatic carbocycles. The Hall–Kier alpha value is -8.54. The molecule has 5 heteroatoms. The third-order valence-electron chi connectivity index (χ3n) is 12.0. The zero-order valence-corrected chi connectivity index (χ0v) is 34.1. The minimum Gasteiger partial charge on any atom is -0.277 e. The lowest BCUT2D eigenvalue weighted by molar-refractivity contribution is 1.06. The number of para-hydroxylation sites is 1. The Morgan fingerprint density at radius 1 is 0.317 bits per heavy atom. The highest BCUT2D eigenvalue weighted by Gasteiger charge is 2.21.